The van der Waals surface area contributed by atoms with Crippen molar-refractivity contribution in [2.75, 3.05) is 13.1 Å². The topological polar surface area (TPSA) is 81.7 Å². The van der Waals surface area contributed by atoms with Gasteiger partial charge in [-0.3, -0.25) is 9.59 Å². The van der Waals surface area contributed by atoms with E-state index in [4.69, 9.17) is 0 Å². The summed E-state index contributed by atoms with van der Waals surface area (Å²) in [6.45, 7) is 9.17. The van der Waals surface area contributed by atoms with E-state index in [2.05, 4.69) is 10.6 Å². The standard InChI is InChI=1S/C30H41F2N3O3/c1-5-10-35(11-6-2)30(38)23-13-19(3)12-22(17-23)29(37)34-27(16-21-14-24(31)18-25(32)15-21)28(36)26-9-7-8-20(4)33-26/h12-15,17-18,20,26-28,33,36H,5-11,16H2,1-4H3,(H,34,37)/t20-,26?,27+,28-/m1/s1. The summed E-state index contributed by atoms with van der Waals surface area (Å²) in [6, 6.07) is 7.41. The number of carbonyl (C=O) groups is 2. The second kappa shape index (κ2) is 13.8. The molecule has 2 aromatic carbocycles. The van der Waals surface area contributed by atoms with Crippen molar-refractivity contribution in [2.45, 2.75) is 90.4 Å². The lowest BCUT2D eigenvalue weighted by Gasteiger charge is -2.36. The Balaban J connectivity index is 1.87. The minimum atomic E-state index is -0.983. The first-order chi connectivity index (χ1) is 18.1. The number of rotatable bonds is 11. The number of aliphatic hydroxyl groups is 1. The second-order valence-electron chi connectivity index (χ2n) is 10.5. The van der Waals surface area contributed by atoms with Gasteiger partial charge in [0.1, 0.15) is 11.6 Å². The zero-order valence-corrected chi connectivity index (χ0v) is 22.9. The Morgan fingerprint density at radius 2 is 1.66 bits per heavy atom. The Hall–Kier alpha value is -2.84. The molecule has 3 rings (SSSR count). The molecule has 0 aliphatic carbocycles. The first-order valence-corrected chi connectivity index (χ1v) is 13.7. The third kappa shape index (κ3) is 8.08. The fourth-order valence-electron chi connectivity index (χ4n) is 5.29. The van der Waals surface area contributed by atoms with Gasteiger partial charge in [-0.25, -0.2) is 8.78 Å². The summed E-state index contributed by atoms with van der Waals surface area (Å²) in [4.78, 5) is 28.5. The van der Waals surface area contributed by atoms with E-state index in [0.29, 0.717) is 29.8 Å². The van der Waals surface area contributed by atoms with E-state index >= 15 is 0 Å². The van der Waals surface area contributed by atoms with Gasteiger partial charge >= 0.3 is 0 Å². The molecule has 1 fully saturated rings. The maximum atomic E-state index is 13.9. The van der Waals surface area contributed by atoms with Crippen LogP contribution in [0.5, 0.6) is 0 Å². The molecule has 1 saturated heterocycles. The van der Waals surface area contributed by atoms with E-state index in [-0.39, 0.29) is 24.4 Å². The van der Waals surface area contributed by atoms with E-state index in [9.17, 15) is 23.5 Å². The lowest BCUT2D eigenvalue weighted by Crippen LogP contribution is -2.56. The lowest BCUT2D eigenvalue weighted by atomic mass is 9.89. The molecule has 0 bridgehead atoms. The zero-order chi connectivity index (χ0) is 27.8. The van der Waals surface area contributed by atoms with Crippen LogP contribution in [-0.2, 0) is 6.42 Å². The van der Waals surface area contributed by atoms with Crippen molar-refractivity contribution in [3.05, 3.63) is 70.3 Å². The molecule has 3 N–H and O–H groups in total. The van der Waals surface area contributed by atoms with Crippen molar-refractivity contribution < 1.29 is 23.5 Å². The highest BCUT2D eigenvalue weighted by atomic mass is 19.1. The van der Waals surface area contributed by atoms with Crippen LogP contribution in [0.1, 0.15) is 84.7 Å². The molecule has 8 heteroatoms. The highest BCUT2D eigenvalue weighted by molar-refractivity contribution is 6.00. The molecule has 0 spiro atoms. The lowest BCUT2D eigenvalue weighted by molar-refractivity contribution is 0.0600. The maximum absolute atomic E-state index is 13.9. The number of piperidine rings is 1. The zero-order valence-electron chi connectivity index (χ0n) is 22.9. The summed E-state index contributed by atoms with van der Waals surface area (Å²) in [5, 5.41) is 17.6. The molecule has 1 aliphatic rings. The Bertz CT molecular complexity index is 1080. The molecule has 0 radical (unpaired) electrons. The quantitative estimate of drug-likeness (QED) is 0.392. The molecular weight excluding hydrogens is 488 g/mol. The van der Waals surface area contributed by atoms with Crippen LogP contribution >= 0.6 is 0 Å². The van der Waals surface area contributed by atoms with E-state index in [0.717, 1.165) is 43.7 Å². The highest BCUT2D eigenvalue weighted by Crippen LogP contribution is 2.21. The summed E-state index contributed by atoms with van der Waals surface area (Å²) in [5.41, 5.74) is 1.84. The number of aryl methyl sites for hydroxylation is 1. The monoisotopic (exact) mass is 529 g/mol. The first kappa shape index (κ1) is 29.7. The fourth-order valence-corrected chi connectivity index (χ4v) is 5.29. The van der Waals surface area contributed by atoms with E-state index in [1.165, 1.54) is 12.1 Å². The SMILES string of the molecule is CCCN(CCC)C(=O)c1cc(C)cc(C(=O)N[C@@H](Cc2cc(F)cc(F)c2)[C@H](O)C2CCC[C@@H](C)N2)c1. The van der Waals surface area contributed by atoms with Crippen LogP contribution in [0.4, 0.5) is 8.78 Å². The van der Waals surface area contributed by atoms with Crippen molar-refractivity contribution in [1.82, 2.24) is 15.5 Å². The molecule has 1 aliphatic heterocycles. The molecule has 208 valence electrons. The van der Waals surface area contributed by atoms with Gasteiger partial charge in [-0.05, 0) is 87.4 Å². The molecule has 1 unspecified atom stereocenters. The number of aliphatic hydroxyl groups excluding tert-OH is 1. The second-order valence-corrected chi connectivity index (χ2v) is 10.5. The third-order valence-electron chi connectivity index (χ3n) is 7.03. The highest BCUT2D eigenvalue weighted by Gasteiger charge is 2.32. The maximum Gasteiger partial charge on any atom is 0.253 e. The van der Waals surface area contributed by atoms with Gasteiger partial charge in [-0.2, -0.15) is 0 Å². The van der Waals surface area contributed by atoms with Crippen LogP contribution in [0.15, 0.2) is 36.4 Å². The van der Waals surface area contributed by atoms with E-state index < -0.39 is 29.7 Å². The van der Waals surface area contributed by atoms with Gasteiger partial charge in [0.2, 0.25) is 0 Å². The van der Waals surface area contributed by atoms with Crippen LogP contribution in [-0.4, -0.2) is 59.1 Å². The minimum absolute atomic E-state index is 0.0481. The molecule has 0 saturated carbocycles. The van der Waals surface area contributed by atoms with Gasteiger partial charge in [-0.1, -0.05) is 20.3 Å². The van der Waals surface area contributed by atoms with Crippen molar-refractivity contribution in [2.24, 2.45) is 0 Å². The fraction of sp³-hybridized carbons (Fsp3) is 0.533. The van der Waals surface area contributed by atoms with E-state index in [1.54, 1.807) is 23.1 Å². The van der Waals surface area contributed by atoms with Crippen molar-refractivity contribution in [1.29, 1.82) is 0 Å². The number of amides is 2. The van der Waals surface area contributed by atoms with Crippen LogP contribution in [0.25, 0.3) is 0 Å². The Labute approximate surface area is 224 Å². The number of benzene rings is 2. The van der Waals surface area contributed by atoms with Gasteiger partial charge in [0.25, 0.3) is 11.8 Å². The normalized spacial score (nSPS) is 19.0. The van der Waals surface area contributed by atoms with E-state index in [1.807, 2.05) is 27.7 Å². The van der Waals surface area contributed by atoms with Gasteiger partial charge < -0.3 is 20.6 Å². The summed E-state index contributed by atoms with van der Waals surface area (Å²) >= 11 is 0. The molecular formula is C30H41F2N3O3. The van der Waals surface area contributed by atoms with Crippen LogP contribution in [0, 0.1) is 18.6 Å². The van der Waals surface area contributed by atoms with Gasteiger partial charge in [0.15, 0.2) is 0 Å². The average Bonchev–Trinajstić information content (AvgIpc) is 2.86. The summed E-state index contributed by atoms with van der Waals surface area (Å²) in [6.07, 6.45) is 3.37. The van der Waals surface area contributed by atoms with Gasteiger partial charge in [0.05, 0.1) is 12.1 Å². The smallest absolute Gasteiger partial charge is 0.253 e. The molecule has 2 aromatic rings. The van der Waals surface area contributed by atoms with Gasteiger partial charge in [-0.15, -0.1) is 0 Å². The molecule has 1 heterocycles. The summed E-state index contributed by atoms with van der Waals surface area (Å²) < 4.78 is 27.8. The first-order valence-electron chi connectivity index (χ1n) is 13.7. The number of hydrogen-bond donors (Lipinski definition) is 3. The number of carbonyl (C=O) groups excluding carboxylic acids is 2. The Kier molecular flexibility index (Phi) is 10.8. The van der Waals surface area contributed by atoms with Crippen LogP contribution < -0.4 is 10.6 Å². The Morgan fingerprint density at radius 3 is 2.26 bits per heavy atom. The number of hydrogen-bond acceptors (Lipinski definition) is 4. The molecule has 0 aromatic heterocycles. The minimum Gasteiger partial charge on any atom is -0.389 e. The predicted molar refractivity (Wildman–Crippen MR) is 145 cm³/mol. The molecule has 38 heavy (non-hydrogen) atoms. The van der Waals surface area contributed by atoms with Crippen molar-refractivity contribution in [3.8, 4) is 0 Å². The largest absolute Gasteiger partial charge is 0.389 e. The summed E-state index contributed by atoms with van der Waals surface area (Å²) in [5.74, 6) is -2.01. The Morgan fingerprint density at radius 1 is 1.03 bits per heavy atom. The summed E-state index contributed by atoms with van der Waals surface area (Å²) in [7, 11) is 0. The third-order valence-corrected chi connectivity index (χ3v) is 7.03. The van der Waals surface area contributed by atoms with Crippen LogP contribution in [0.3, 0.4) is 0 Å². The number of halogens is 2. The molecule has 4 atom stereocenters. The van der Waals surface area contributed by atoms with Crippen LogP contribution in [0.2, 0.25) is 0 Å². The predicted octanol–water partition coefficient (Wildman–Crippen LogP) is 4.77. The van der Waals surface area contributed by atoms with Crippen molar-refractivity contribution >= 4 is 11.8 Å². The number of nitrogens with zero attached hydrogens (tertiary/aromatic N) is 1. The molecule has 6 nitrogen and oxygen atoms in total. The average molecular weight is 530 g/mol. The number of nitrogens with one attached hydrogen (secondary N) is 2. The molecule has 2 amide bonds. The van der Waals surface area contributed by atoms with Gasteiger partial charge in [0, 0.05) is 42.4 Å². The van der Waals surface area contributed by atoms with Crippen molar-refractivity contribution in [3.63, 3.8) is 0 Å².